The largest absolute Gasteiger partial charge is 0.494 e. The molecule has 0 spiro atoms. The number of nitrogen functional groups attached to an aromatic ring is 1. The summed E-state index contributed by atoms with van der Waals surface area (Å²) in [6, 6.07) is 13.5. The molecule has 0 saturated carbocycles. The van der Waals surface area contributed by atoms with Crippen LogP contribution in [0.25, 0.3) is 5.69 Å². The van der Waals surface area contributed by atoms with Gasteiger partial charge < -0.3 is 24.7 Å². The minimum Gasteiger partial charge on any atom is -0.494 e. The zero-order valence-electron chi connectivity index (χ0n) is 18.6. The second-order valence-corrected chi connectivity index (χ2v) is 8.73. The normalized spacial score (nSPS) is 15.1. The highest BCUT2D eigenvalue weighted by Crippen LogP contribution is 2.36. The van der Waals surface area contributed by atoms with E-state index in [2.05, 4.69) is 9.97 Å². The van der Waals surface area contributed by atoms with E-state index in [0.717, 1.165) is 28.2 Å². The molecule has 10 heteroatoms. The van der Waals surface area contributed by atoms with E-state index in [-0.39, 0.29) is 5.92 Å². The van der Waals surface area contributed by atoms with Crippen molar-refractivity contribution >= 4 is 40.7 Å². The van der Waals surface area contributed by atoms with Crippen LogP contribution in [0.4, 0.5) is 17.5 Å². The van der Waals surface area contributed by atoms with Crippen LogP contribution in [-0.2, 0) is 11.3 Å². The third kappa shape index (κ3) is 4.16. The Labute approximate surface area is 206 Å². The Morgan fingerprint density at radius 1 is 1.15 bits per heavy atom. The van der Waals surface area contributed by atoms with Crippen LogP contribution in [0.15, 0.2) is 55.0 Å². The molecule has 0 amide bonds. The van der Waals surface area contributed by atoms with Crippen LogP contribution >= 0.6 is 23.2 Å². The highest BCUT2D eigenvalue weighted by molar-refractivity contribution is 6.30. The number of imidazole rings is 1. The molecule has 0 radical (unpaired) electrons. The minimum atomic E-state index is -0.0682. The number of nitrogens with zero attached hydrogens (tertiary/aromatic N) is 5. The van der Waals surface area contributed by atoms with Crippen LogP contribution in [0.2, 0.25) is 10.2 Å². The summed E-state index contributed by atoms with van der Waals surface area (Å²) in [5.41, 5.74) is 10.7. The summed E-state index contributed by atoms with van der Waals surface area (Å²) >= 11 is 12.1. The summed E-state index contributed by atoms with van der Waals surface area (Å²) in [5.74, 6) is 1.47. The number of aromatic nitrogens is 4. The number of hydrogen-bond acceptors (Lipinski definition) is 7. The molecule has 0 bridgehead atoms. The van der Waals surface area contributed by atoms with E-state index in [4.69, 9.17) is 43.4 Å². The van der Waals surface area contributed by atoms with Crippen molar-refractivity contribution in [3.63, 3.8) is 0 Å². The molecule has 34 heavy (non-hydrogen) atoms. The van der Waals surface area contributed by atoms with Crippen LogP contribution in [0, 0.1) is 0 Å². The Kier molecular flexibility index (Phi) is 6.03. The molecule has 0 fully saturated rings. The smallest absolute Gasteiger partial charge is 0.231 e. The lowest BCUT2D eigenvalue weighted by Gasteiger charge is -2.28. The topological polar surface area (TPSA) is 91.3 Å². The molecule has 2 aromatic heterocycles. The van der Waals surface area contributed by atoms with E-state index in [1.165, 1.54) is 0 Å². The summed E-state index contributed by atoms with van der Waals surface area (Å²) < 4.78 is 13.2. The van der Waals surface area contributed by atoms with E-state index in [1.807, 2.05) is 54.4 Å². The summed E-state index contributed by atoms with van der Waals surface area (Å²) in [6.45, 7) is 0.884. The number of rotatable bonds is 5. The molecule has 1 aliphatic rings. The Bertz CT molecular complexity index is 1340. The minimum absolute atomic E-state index is 0.0682. The van der Waals surface area contributed by atoms with E-state index in [1.54, 1.807) is 24.2 Å². The SMILES string of the molecule is COc1cc(N(C)c2nc(N)c3c(n2)C(c2ccc(Cl)cc2)COC3)ccc1-n1cnc(Cl)c1. The molecular formula is C24H22Cl2N6O2. The third-order valence-electron chi connectivity index (χ3n) is 5.87. The van der Waals surface area contributed by atoms with Crippen molar-refractivity contribution in [3.05, 3.63) is 82.0 Å². The Morgan fingerprint density at radius 3 is 2.65 bits per heavy atom. The molecule has 3 heterocycles. The number of nitrogens with two attached hydrogens (primary N) is 1. The van der Waals surface area contributed by atoms with Gasteiger partial charge in [0.05, 0.1) is 37.6 Å². The van der Waals surface area contributed by atoms with Crippen molar-refractivity contribution in [2.75, 3.05) is 31.4 Å². The molecule has 0 aliphatic carbocycles. The zero-order valence-corrected chi connectivity index (χ0v) is 20.1. The van der Waals surface area contributed by atoms with Crippen LogP contribution in [0.1, 0.15) is 22.7 Å². The average molecular weight is 497 g/mol. The maximum Gasteiger partial charge on any atom is 0.231 e. The molecule has 174 valence electrons. The Balaban J connectivity index is 1.52. The number of anilines is 3. The summed E-state index contributed by atoms with van der Waals surface area (Å²) in [4.78, 5) is 15.4. The molecule has 1 unspecified atom stereocenters. The summed E-state index contributed by atoms with van der Waals surface area (Å²) in [7, 11) is 3.51. The standard InChI is InChI=1S/C24H22Cl2N6O2/c1-31(16-7-8-19(20(9-16)33-2)32-10-21(26)28-13-32)24-29-22-17(14-3-5-15(25)6-4-14)11-34-12-18(22)23(27)30-24/h3-10,13,17H,11-12H2,1-2H3,(H2,27,29,30). The first-order chi connectivity index (χ1) is 16.4. The molecule has 0 saturated heterocycles. The van der Waals surface area contributed by atoms with Gasteiger partial charge in [-0.25, -0.2) is 9.97 Å². The van der Waals surface area contributed by atoms with Gasteiger partial charge in [-0.3, -0.25) is 0 Å². The molecule has 1 aliphatic heterocycles. The zero-order chi connectivity index (χ0) is 23.8. The Hall–Kier alpha value is -3.33. The number of fused-ring (bicyclic) bond motifs is 1. The molecule has 5 rings (SSSR count). The van der Waals surface area contributed by atoms with Crippen molar-refractivity contribution in [1.82, 2.24) is 19.5 Å². The van der Waals surface area contributed by atoms with E-state index in [0.29, 0.717) is 40.9 Å². The summed E-state index contributed by atoms with van der Waals surface area (Å²) in [6.07, 6.45) is 3.35. The van der Waals surface area contributed by atoms with Gasteiger partial charge in [0, 0.05) is 35.6 Å². The molecule has 1 atom stereocenters. The van der Waals surface area contributed by atoms with Crippen LogP contribution in [0.5, 0.6) is 5.75 Å². The fourth-order valence-electron chi connectivity index (χ4n) is 4.03. The maximum absolute atomic E-state index is 6.35. The van der Waals surface area contributed by atoms with Gasteiger partial charge in [-0.1, -0.05) is 35.3 Å². The monoisotopic (exact) mass is 496 g/mol. The number of ether oxygens (including phenoxy) is 2. The highest BCUT2D eigenvalue weighted by atomic mass is 35.5. The lowest BCUT2D eigenvalue weighted by atomic mass is 9.91. The predicted molar refractivity (Wildman–Crippen MR) is 133 cm³/mol. The number of hydrogen-bond donors (Lipinski definition) is 1. The summed E-state index contributed by atoms with van der Waals surface area (Å²) in [5, 5.41) is 1.08. The number of benzene rings is 2. The lowest BCUT2D eigenvalue weighted by molar-refractivity contribution is 0.0979. The van der Waals surface area contributed by atoms with Crippen molar-refractivity contribution in [1.29, 1.82) is 0 Å². The fourth-order valence-corrected chi connectivity index (χ4v) is 4.31. The second kappa shape index (κ2) is 9.13. The molecule has 2 N–H and O–H groups in total. The molecule has 4 aromatic rings. The van der Waals surface area contributed by atoms with Gasteiger partial charge in [0.15, 0.2) is 0 Å². The lowest BCUT2D eigenvalue weighted by Crippen LogP contribution is -2.24. The first-order valence-electron chi connectivity index (χ1n) is 10.6. The molecule has 8 nitrogen and oxygen atoms in total. The van der Waals surface area contributed by atoms with Crippen LogP contribution < -0.4 is 15.4 Å². The van der Waals surface area contributed by atoms with Gasteiger partial charge >= 0.3 is 0 Å². The van der Waals surface area contributed by atoms with Gasteiger partial charge in [0.1, 0.15) is 23.0 Å². The van der Waals surface area contributed by atoms with Crippen molar-refractivity contribution < 1.29 is 9.47 Å². The van der Waals surface area contributed by atoms with E-state index < -0.39 is 0 Å². The number of halogens is 2. The highest BCUT2D eigenvalue weighted by Gasteiger charge is 2.28. The first-order valence-corrected chi connectivity index (χ1v) is 11.3. The van der Waals surface area contributed by atoms with Gasteiger partial charge in [-0.2, -0.15) is 4.98 Å². The van der Waals surface area contributed by atoms with Gasteiger partial charge in [-0.15, -0.1) is 0 Å². The van der Waals surface area contributed by atoms with Crippen molar-refractivity contribution in [3.8, 4) is 11.4 Å². The molecule has 2 aromatic carbocycles. The maximum atomic E-state index is 6.35. The van der Waals surface area contributed by atoms with Crippen molar-refractivity contribution in [2.24, 2.45) is 0 Å². The van der Waals surface area contributed by atoms with E-state index in [9.17, 15) is 0 Å². The second-order valence-electron chi connectivity index (χ2n) is 7.91. The fraction of sp³-hybridized carbons (Fsp3) is 0.208. The van der Waals surface area contributed by atoms with Gasteiger partial charge in [-0.05, 0) is 29.8 Å². The average Bonchev–Trinajstić information content (AvgIpc) is 3.29. The number of methoxy groups -OCH3 is 1. The van der Waals surface area contributed by atoms with E-state index >= 15 is 0 Å². The third-order valence-corrected chi connectivity index (χ3v) is 6.32. The van der Waals surface area contributed by atoms with Gasteiger partial charge in [0.2, 0.25) is 5.95 Å². The predicted octanol–water partition coefficient (Wildman–Crippen LogP) is 4.99. The van der Waals surface area contributed by atoms with Gasteiger partial charge in [0.25, 0.3) is 0 Å². The van der Waals surface area contributed by atoms with Crippen LogP contribution in [0.3, 0.4) is 0 Å². The quantitative estimate of drug-likeness (QED) is 0.416. The Morgan fingerprint density at radius 2 is 1.94 bits per heavy atom. The van der Waals surface area contributed by atoms with Crippen molar-refractivity contribution in [2.45, 2.75) is 12.5 Å². The first kappa shape index (κ1) is 22.5. The van der Waals surface area contributed by atoms with Crippen LogP contribution in [-0.4, -0.2) is 40.3 Å². The molecular weight excluding hydrogens is 475 g/mol.